The fourth-order valence-electron chi connectivity index (χ4n) is 11.7. The molecule has 0 aliphatic heterocycles. The number of esters is 4. The third kappa shape index (κ3) is 69.2. The lowest BCUT2D eigenvalue weighted by Crippen LogP contribution is -2.30. The van der Waals surface area contributed by atoms with Crippen LogP contribution in [0.15, 0.2) is 0 Å². The molecule has 570 valence electrons. The Morgan fingerprint density at radius 3 is 0.792 bits per heavy atom. The zero-order valence-electron chi connectivity index (χ0n) is 62.8. The first-order valence-corrected chi connectivity index (χ1v) is 42.9. The summed E-state index contributed by atoms with van der Waals surface area (Å²) < 4.78 is 68.3. The highest BCUT2D eigenvalue weighted by Gasteiger charge is 2.30. The largest absolute Gasteiger partial charge is 0.472 e. The van der Waals surface area contributed by atoms with Crippen LogP contribution in [-0.2, 0) is 65.4 Å². The molecule has 0 radical (unpaired) electrons. The lowest BCUT2D eigenvalue weighted by molar-refractivity contribution is -0.161. The van der Waals surface area contributed by atoms with Gasteiger partial charge in [0, 0.05) is 25.7 Å². The van der Waals surface area contributed by atoms with E-state index in [4.69, 9.17) is 37.0 Å². The number of carbonyl (C=O) groups is 4. The van der Waals surface area contributed by atoms with Crippen LogP contribution in [0.5, 0.6) is 0 Å². The van der Waals surface area contributed by atoms with Crippen molar-refractivity contribution in [1.29, 1.82) is 0 Å². The van der Waals surface area contributed by atoms with E-state index in [1.807, 2.05) is 0 Å². The first-order chi connectivity index (χ1) is 46.3. The number of rotatable bonds is 75. The number of aliphatic hydroxyl groups excluding tert-OH is 1. The molecule has 19 heteroatoms. The summed E-state index contributed by atoms with van der Waals surface area (Å²) in [5, 5.41) is 10.6. The Morgan fingerprint density at radius 1 is 0.302 bits per heavy atom. The van der Waals surface area contributed by atoms with E-state index in [1.165, 1.54) is 199 Å². The minimum absolute atomic E-state index is 0.104. The molecule has 17 nitrogen and oxygen atoms in total. The van der Waals surface area contributed by atoms with Gasteiger partial charge in [-0.2, -0.15) is 0 Å². The number of hydrogen-bond acceptors (Lipinski definition) is 15. The van der Waals surface area contributed by atoms with E-state index in [9.17, 15) is 43.2 Å². The van der Waals surface area contributed by atoms with Crippen LogP contribution in [0.2, 0.25) is 0 Å². The van der Waals surface area contributed by atoms with Crippen molar-refractivity contribution in [3.8, 4) is 0 Å². The lowest BCUT2D eigenvalue weighted by atomic mass is 9.99. The number of carbonyl (C=O) groups excluding carboxylic acids is 4. The fraction of sp³-hybridized carbons (Fsp3) is 0.948. The van der Waals surface area contributed by atoms with E-state index < -0.39 is 97.5 Å². The van der Waals surface area contributed by atoms with Gasteiger partial charge in [0.05, 0.1) is 26.4 Å². The Labute approximate surface area is 588 Å². The van der Waals surface area contributed by atoms with E-state index in [1.54, 1.807) is 0 Å². The monoisotopic (exact) mass is 1410 g/mol. The molecule has 0 aromatic heterocycles. The standard InChI is InChI=1S/C77H150O17P2/c1-8-10-11-41-51-58-74(79)87-64-72(93-77(82)61-54-47-40-34-28-30-36-43-49-56-69(5)6)66-91-95(83,84)89-62-71(78)63-90-96(85,86)92-67-73(65-88-75(80)59-52-45-38-32-26-22-19-18-20-24-29-35-42-48-55-68(3)4)94-76(81)60-53-46-39-33-27-23-17-15-13-12-14-16-21-25-31-37-44-50-57-70(7)9-2/h68-73,78H,8-67H2,1-7H3,(H,83,84)(H,85,86)/t70?,71-,72+,73+/m0/s1. The highest BCUT2D eigenvalue weighted by Crippen LogP contribution is 2.45. The molecule has 6 atom stereocenters. The van der Waals surface area contributed by atoms with Crippen molar-refractivity contribution >= 4 is 39.5 Å². The van der Waals surface area contributed by atoms with Gasteiger partial charge in [-0.3, -0.25) is 37.3 Å². The van der Waals surface area contributed by atoms with E-state index in [-0.39, 0.29) is 25.7 Å². The first-order valence-electron chi connectivity index (χ1n) is 39.9. The zero-order chi connectivity index (χ0) is 70.9. The number of ether oxygens (including phenoxy) is 4. The Balaban J connectivity index is 5.12. The summed E-state index contributed by atoms with van der Waals surface area (Å²) in [4.78, 5) is 72.5. The Hall–Kier alpha value is -1.94. The van der Waals surface area contributed by atoms with E-state index >= 15 is 0 Å². The third-order valence-electron chi connectivity index (χ3n) is 18.2. The van der Waals surface area contributed by atoms with E-state index in [0.717, 1.165) is 114 Å². The molecule has 0 saturated heterocycles. The van der Waals surface area contributed by atoms with Crippen LogP contribution in [0.4, 0.5) is 0 Å². The summed E-state index contributed by atoms with van der Waals surface area (Å²) in [6, 6.07) is 0. The lowest BCUT2D eigenvalue weighted by Gasteiger charge is -2.21. The molecule has 3 unspecified atom stereocenters. The molecule has 0 heterocycles. The van der Waals surface area contributed by atoms with Crippen molar-refractivity contribution in [2.45, 2.75) is 414 Å². The molecule has 3 N–H and O–H groups in total. The summed E-state index contributed by atoms with van der Waals surface area (Å²) in [6.45, 7) is 11.9. The van der Waals surface area contributed by atoms with Crippen LogP contribution in [0, 0.1) is 17.8 Å². The molecule has 96 heavy (non-hydrogen) atoms. The molecule has 0 spiro atoms. The zero-order valence-corrected chi connectivity index (χ0v) is 64.6. The maximum Gasteiger partial charge on any atom is 0.472 e. The van der Waals surface area contributed by atoms with Gasteiger partial charge >= 0.3 is 39.5 Å². The van der Waals surface area contributed by atoms with Crippen molar-refractivity contribution in [3.63, 3.8) is 0 Å². The van der Waals surface area contributed by atoms with Crippen LogP contribution >= 0.6 is 15.6 Å². The predicted molar refractivity (Wildman–Crippen MR) is 391 cm³/mol. The molecule has 0 amide bonds. The predicted octanol–water partition coefficient (Wildman–Crippen LogP) is 22.6. The average Bonchev–Trinajstić information content (AvgIpc) is 1.32. The quantitative estimate of drug-likeness (QED) is 0.0222. The second-order valence-corrected chi connectivity index (χ2v) is 31.8. The van der Waals surface area contributed by atoms with Gasteiger partial charge in [0.1, 0.15) is 19.3 Å². The Kier molecular flexibility index (Phi) is 66.2. The number of phosphoric ester groups is 2. The first kappa shape index (κ1) is 94.1. The second kappa shape index (κ2) is 67.5. The van der Waals surface area contributed by atoms with Gasteiger partial charge < -0.3 is 33.8 Å². The Bertz CT molecular complexity index is 1870. The third-order valence-corrected chi connectivity index (χ3v) is 20.1. The average molecular weight is 1410 g/mol. The van der Waals surface area contributed by atoms with Crippen LogP contribution in [0.1, 0.15) is 395 Å². The van der Waals surface area contributed by atoms with Gasteiger partial charge in [-0.25, -0.2) is 9.13 Å². The van der Waals surface area contributed by atoms with Crippen LogP contribution in [0.3, 0.4) is 0 Å². The van der Waals surface area contributed by atoms with Crippen LogP contribution < -0.4 is 0 Å². The van der Waals surface area contributed by atoms with Crippen molar-refractivity contribution in [3.05, 3.63) is 0 Å². The SMILES string of the molecule is CCCCCCCC(=O)OC[C@H](COP(=O)(O)OC[C@H](O)COP(=O)(O)OC[C@@H](COC(=O)CCCCCCCCCCCCCCCCC(C)C)OC(=O)CCCCCCCCCCCCCCCCCCCCC(C)CC)OC(=O)CCCCCCCCCCCC(C)C. The highest BCUT2D eigenvalue weighted by molar-refractivity contribution is 7.47. The van der Waals surface area contributed by atoms with Gasteiger partial charge in [-0.1, -0.05) is 344 Å². The van der Waals surface area contributed by atoms with Gasteiger partial charge in [0.25, 0.3) is 0 Å². The molecule has 0 bridgehead atoms. The number of unbranched alkanes of at least 4 members (excludes halogenated alkanes) is 42. The smallest absolute Gasteiger partial charge is 0.462 e. The van der Waals surface area contributed by atoms with Crippen LogP contribution in [0.25, 0.3) is 0 Å². The highest BCUT2D eigenvalue weighted by atomic mass is 31.2. The molecular weight excluding hydrogens is 1260 g/mol. The van der Waals surface area contributed by atoms with Gasteiger partial charge in [0.2, 0.25) is 0 Å². The van der Waals surface area contributed by atoms with Crippen molar-refractivity contribution in [2.75, 3.05) is 39.6 Å². The minimum Gasteiger partial charge on any atom is -0.462 e. The van der Waals surface area contributed by atoms with Crippen molar-refractivity contribution < 1.29 is 80.2 Å². The van der Waals surface area contributed by atoms with E-state index in [2.05, 4.69) is 48.5 Å². The maximum absolute atomic E-state index is 13.1. The number of hydrogen-bond donors (Lipinski definition) is 3. The molecular formula is C77H150O17P2. The summed E-state index contributed by atoms with van der Waals surface area (Å²) in [7, 11) is -9.90. The van der Waals surface area contributed by atoms with Crippen molar-refractivity contribution in [1.82, 2.24) is 0 Å². The van der Waals surface area contributed by atoms with E-state index in [0.29, 0.717) is 25.7 Å². The molecule has 0 aliphatic carbocycles. The van der Waals surface area contributed by atoms with Gasteiger partial charge in [0.15, 0.2) is 12.2 Å². The van der Waals surface area contributed by atoms with Crippen molar-refractivity contribution in [2.24, 2.45) is 17.8 Å². The molecule has 0 saturated carbocycles. The molecule has 0 aromatic carbocycles. The number of aliphatic hydroxyl groups is 1. The fourth-order valence-corrected chi connectivity index (χ4v) is 13.3. The second-order valence-electron chi connectivity index (χ2n) is 28.9. The maximum atomic E-state index is 13.1. The molecule has 0 aliphatic rings. The molecule has 0 rings (SSSR count). The molecule has 0 aromatic rings. The molecule has 0 fully saturated rings. The number of phosphoric acid groups is 2. The summed E-state index contributed by atoms with van der Waals surface area (Å²) >= 11 is 0. The summed E-state index contributed by atoms with van der Waals surface area (Å²) in [5.41, 5.74) is 0. The minimum atomic E-state index is -4.96. The van der Waals surface area contributed by atoms with Gasteiger partial charge in [-0.05, 0) is 43.4 Å². The van der Waals surface area contributed by atoms with Crippen LogP contribution in [-0.4, -0.2) is 96.7 Å². The topological polar surface area (TPSA) is 237 Å². The normalized spacial score (nSPS) is 14.3. The van der Waals surface area contributed by atoms with Gasteiger partial charge in [-0.15, -0.1) is 0 Å². The Morgan fingerprint density at radius 2 is 0.531 bits per heavy atom. The summed E-state index contributed by atoms with van der Waals surface area (Å²) in [6.07, 6.45) is 54.6. The summed E-state index contributed by atoms with van der Waals surface area (Å²) in [5.74, 6) is 0.278.